The molecule has 1 aromatic heterocycles. The quantitative estimate of drug-likeness (QED) is 0.388. The van der Waals surface area contributed by atoms with Gasteiger partial charge >= 0.3 is 0 Å². The van der Waals surface area contributed by atoms with Gasteiger partial charge in [0.25, 0.3) is 20.2 Å². The molecule has 0 aliphatic heterocycles. The molecule has 0 bridgehead atoms. The number of aromatic nitrogens is 1. The Morgan fingerprint density at radius 3 is 2.29 bits per heavy atom. The van der Waals surface area contributed by atoms with Crippen LogP contribution in [0.4, 0.5) is 22.9 Å². The Morgan fingerprint density at radius 1 is 1.14 bits per heavy atom. The van der Waals surface area contributed by atoms with Crippen LogP contribution in [0.15, 0.2) is 38.2 Å². The van der Waals surface area contributed by atoms with Crippen molar-refractivity contribution < 1.29 is 30.7 Å². The third-order valence-electron chi connectivity index (χ3n) is 3.27. The number of ether oxygens (including phenoxy) is 1. The van der Waals surface area contributed by atoms with Gasteiger partial charge in [0.15, 0.2) is 11.5 Å². The first kappa shape index (κ1) is 21.0. The monoisotopic (exact) mass is 428 g/mol. The van der Waals surface area contributed by atoms with E-state index in [0.29, 0.717) is 12.1 Å². The lowest BCUT2D eigenvalue weighted by atomic mass is 10.2. The summed E-state index contributed by atoms with van der Waals surface area (Å²) in [5.74, 6) is -0.500. The zero-order valence-corrected chi connectivity index (χ0v) is 15.6. The number of hydrogen-bond donors (Lipinski definition) is 4. The van der Waals surface area contributed by atoms with Crippen molar-refractivity contribution in [3.05, 3.63) is 23.8 Å². The molecule has 148 valence electrons. The van der Waals surface area contributed by atoms with Crippen molar-refractivity contribution in [2.45, 2.75) is 9.79 Å². The first-order valence-corrected chi connectivity index (χ1v) is 9.82. The molecule has 28 heavy (non-hydrogen) atoms. The molecule has 1 aromatic carbocycles. The van der Waals surface area contributed by atoms with E-state index in [1.54, 1.807) is 6.07 Å². The van der Waals surface area contributed by atoms with Crippen LogP contribution in [0.5, 0.6) is 5.88 Å². The molecular weight excluding hydrogens is 416 g/mol. The maximum atomic E-state index is 11.5. The van der Waals surface area contributed by atoms with Crippen LogP contribution >= 0.6 is 0 Å². The van der Waals surface area contributed by atoms with Crippen molar-refractivity contribution in [1.29, 1.82) is 5.26 Å². The van der Waals surface area contributed by atoms with Crippen molar-refractivity contribution in [1.82, 2.24) is 4.98 Å². The molecule has 13 nitrogen and oxygen atoms in total. The van der Waals surface area contributed by atoms with Gasteiger partial charge in [-0.25, -0.2) is 0 Å². The van der Waals surface area contributed by atoms with E-state index in [4.69, 9.17) is 26.0 Å². The van der Waals surface area contributed by atoms with Crippen LogP contribution < -0.4 is 16.2 Å². The second kappa shape index (κ2) is 7.36. The highest BCUT2D eigenvalue weighted by atomic mass is 32.2. The Balaban J connectivity index is 2.72. The standard InChI is InChI=1S/C13H12N6O7S2/c1-26-13-7(5-14)10(15)11(12(16)17-13)19-18-8-4-6(27(20,21)22)2-3-9(8)28(23,24)25/h2-4H,1H3,(H4,15,16,17)(H,20,21,22)(H,23,24,25)/b19-18+. The summed E-state index contributed by atoms with van der Waals surface area (Å²) in [7, 11) is -8.31. The third-order valence-corrected chi connectivity index (χ3v) is 5.02. The van der Waals surface area contributed by atoms with Gasteiger partial charge in [-0.3, -0.25) is 9.11 Å². The van der Waals surface area contributed by atoms with Crippen molar-refractivity contribution >= 4 is 43.1 Å². The predicted molar refractivity (Wildman–Crippen MR) is 94.6 cm³/mol. The van der Waals surface area contributed by atoms with Gasteiger partial charge in [-0.05, 0) is 18.2 Å². The molecule has 0 radical (unpaired) electrons. The number of nitrogens with zero attached hydrogens (tertiary/aromatic N) is 4. The van der Waals surface area contributed by atoms with Crippen molar-refractivity contribution in [3.8, 4) is 11.9 Å². The highest BCUT2D eigenvalue weighted by Gasteiger charge is 2.21. The normalized spacial score (nSPS) is 12.1. The number of nitrogen functional groups attached to an aromatic ring is 2. The van der Waals surface area contributed by atoms with Crippen molar-refractivity contribution in [3.63, 3.8) is 0 Å². The van der Waals surface area contributed by atoms with E-state index < -0.39 is 35.7 Å². The lowest BCUT2D eigenvalue weighted by Crippen LogP contribution is -2.03. The third kappa shape index (κ3) is 4.15. The van der Waals surface area contributed by atoms with Crippen LogP contribution in [0, 0.1) is 11.3 Å². The summed E-state index contributed by atoms with van der Waals surface area (Å²) in [6.45, 7) is 0. The first-order chi connectivity index (χ1) is 12.9. The van der Waals surface area contributed by atoms with Crippen LogP contribution in [-0.2, 0) is 20.2 Å². The first-order valence-electron chi connectivity index (χ1n) is 6.94. The van der Waals surface area contributed by atoms with Gasteiger partial charge in [0, 0.05) is 0 Å². The van der Waals surface area contributed by atoms with Gasteiger partial charge in [-0.1, -0.05) is 0 Å². The Kier molecular flexibility index (Phi) is 5.52. The number of benzene rings is 1. The highest BCUT2D eigenvalue weighted by molar-refractivity contribution is 7.86. The fraction of sp³-hybridized carbons (Fsp3) is 0.0769. The number of methoxy groups -OCH3 is 1. The number of pyridine rings is 1. The SMILES string of the molecule is COc1nc(N)c(/N=N/c2cc(S(=O)(=O)O)ccc2S(=O)(=O)O)c(N)c1C#N. The molecule has 2 rings (SSSR count). The van der Waals surface area contributed by atoms with E-state index in [1.165, 1.54) is 7.11 Å². The Labute approximate surface area is 158 Å². The summed E-state index contributed by atoms with van der Waals surface area (Å²) >= 11 is 0. The van der Waals surface area contributed by atoms with E-state index in [-0.39, 0.29) is 28.6 Å². The van der Waals surface area contributed by atoms with E-state index in [1.807, 2.05) is 0 Å². The smallest absolute Gasteiger partial charge is 0.296 e. The summed E-state index contributed by atoms with van der Waals surface area (Å²) < 4.78 is 68.6. The van der Waals surface area contributed by atoms with E-state index in [0.717, 1.165) is 6.07 Å². The zero-order valence-electron chi connectivity index (χ0n) is 13.9. The topological polar surface area (TPSA) is 231 Å². The predicted octanol–water partition coefficient (Wildman–Crippen LogP) is 1.04. The molecule has 0 amide bonds. The number of rotatable bonds is 5. The number of azo groups is 1. The molecule has 0 unspecified atom stereocenters. The number of hydrogen-bond acceptors (Lipinski definition) is 11. The maximum Gasteiger partial charge on any atom is 0.296 e. The van der Waals surface area contributed by atoms with Crippen LogP contribution in [0.1, 0.15) is 5.56 Å². The van der Waals surface area contributed by atoms with Gasteiger partial charge in [0.2, 0.25) is 5.88 Å². The molecular formula is C13H12N6O7S2. The molecule has 2 aromatic rings. The molecule has 0 fully saturated rings. The van der Waals surface area contributed by atoms with Crippen LogP contribution in [0.2, 0.25) is 0 Å². The van der Waals surface area contributed by atoms with Gasteiger partial charge in [-0.15, -0.1) is 10.2 Å². The van der Waals surface area contributed by atoms with Crippen LogP contribution in [-0.4, -0.2) is 38.0 Å². The highest BCUT2D eigenvalue weighted by Crippen LogP contribution is 2.37. The average Bonchev–Trinajstić information content (AvgIpc) is 2.59. The minimum absolute atomic E-state index is 0.177. The summed E-state index contributed by atoms with van der Waals surface area (Å²) in [4.78, 5) is 2.25. The largest absolute Gasteiger partial charge is 0.480 e. The second-order valence-corrected chi connectivity index (χ2v) is 7.85. The number of nitrogens with two attached hydrogens (primary N) is 2. The Hall–Kier alpha value is -3.32. The fourth-order valence-corrected chi connectivity index (χ4v) is 3.11. The number of anilines is 2. The van der Waals surface area contributed by atoms with Gasteiger partial charge in [0.05, 0.1) is 17.7 Å². The number of nitriles is 1. The minimum atomic E-state index is -4.82. The molecule has 0 saturated heterocycles. The van der Waals surface area contributed by atoms with Crippen molar-refractivity contribution in [2.24, 2.45) is 10.2 Å². The molecule has 0 atom stereocenters. The van der Waals surface area contributed by atoms with Crippen molar-refractivity contribution in [2.75, 3.05) is 18.6 Å². The van der Waals surface area contributed by atoms with Crippen LogP contribution in [0.3, 0.4) is 0 Å². The van der Waals surface area contributed by atoms with E-state index in [2.05, 4.69) is 15.2 Å². The molecule has 0 saturated carbocycles. The summed E-state index contributed by atoms with van der Waals surface area (Å²) in [6, 6.07) is 3.82. The maximum absolute atomic E-state index is 11.5. The van der Waals surface area contributed by atoms with Gasteiger partial charge < -0.3 is 16.2 Å². The molecule has 15 heteroatoms. The second-order valence-electron chi connectivity index (χ2n) is 5.04. The zero-order chi connectivity index (χ0) is 21.3. The lowest BCUT2D eigenvalue weighted by molar-refractivity contribution is 0.397. The molecule has 6 N–H and O–H groups in total. The van der Waals surface area contributed by atoms with E-state index in [9.17, 15) is 21.4 Å². The fourth-order valence-electron chi connectivity index (χ4n) is 2.01. The van der Waals surface area contributed by atoms with E-state index >= 15 is 0 Å². The average molecular weight is 428 g/mol. The lowest BCUT2D eigenvalue weighted by Gasteiger charge is -2.09. The minimum Gasteiger partial charge on any atom is -0.480 e. The summed E-state index contributed by atoms with van der Waals surface area (Å²) in [6.07, 6.45) is 0. The van der Waals surface area contributed by atoms with Gasteiger partial charge in [-0.2, -0.15) is 27.1 Å². The molecule has 1 heterocycles. The molecule has 0 aliphatic carbocycles. The Morgan fingerprint density at radius 2 is 1.79 bits per heavy atom. The summed E-state index contributed by atoms with van der Waals surface area (Å²) in [5.41, 5.74) is 9.98. The molecule has 0 aliphatic rings. The molecule has 0 spiro atoms. The Bertz CT molecular complexity index is 1230. The van der Waals surface area contributed by atoms with Gasteiger partial charge in [0.1, 0.15) is 22.2 Å². The van der Waals surface area contributed by atoms with Crippen LogP contribution in [0.25, 0.3) is 0 Å². The summed E-state index contributed by atoms with van der Waals surface area (Å²) in [5, 5.41) is 16.3.